The molecule has 0 unspecified atom stereocenters. The number of amides is 3. The van der Waals surface area contributed by atoms with Crippen LogP contribution in [0.25, 0.3) is 0 Å². The number of hydrogen-bond acceptors (Lipinski definition) is 3. The van der Waals surface area contributed by atoms with Crippen LogP contribution < -0.4 is 15.0 Å². The molecule has 0 saturated carbocycles. The third kappa shape index (κ3) is 3.65. The van der Waals surface area contributed by atoms with Crippen molar-refractivity contribution in [3.05, 3.63) is 24.3 Å². The van der Waals surface area contributed by atoms with E-state index in [-0.39, 0.29) is 24.5 Å². The largest absolute Gasteiger partial charge is 0.497 e. The molecule has 1 aliphatic heterocycles. The van der Waals surface area contributed by atoms with Crippen molar-refractivity contribution in [2.75, 3.05) is 31.6 Å². The number of nitrogens with one attached hydrogen (secondary N) is 1. The molecule has 1 aromatic carbocycles. The van der Waals surface area contributed by atoms with Crippen LogP contribution >= 0.6 is 0 Å². The van der Waals surface area contributed by atoms with Crippen LogP contribution in [0.2, 0.25) is 0 Å². The number of ether oxygens (including phenoxy) is 1. The number of hydrogen-bond donors (Lipinski definition) is 1. The maximum Gasteiger partial charge on any atom is 0.325 e. The lowest BCUT2D eigenvalue weighted by Gasteiger charge is -2.19. The number of carbonyl (C=O) groups excluding carboxylic acids is 2. The van der Waals surface area contributed by atoms with Gasteiger partial charge < -0.3 is 15.0 Å². The number of nitrogens with zero attached hydrogens (tertiary/aromatic N) is 2. The van der Waals surface area contributed by atoms with E-state index in [1.807, 2.05) is 38.1 Å². The highest BCUT2D eigenvalue weighted by atomic mass is 16.5. The monoisotopic (exact) mass is 291 g/mol. The molecule has 1 aliphatic rings. The third-order valence-corrected chi connectivity index (χ3v) is 3.26. The summed E-state index contributed by atoms with van der Waals surface area (Å²) in [6.07, 6.45) is 0. The van der Waals surface area contributed by atoms with Crippen LogP contribution in [-0.4, -0.2) is 49.6 Å². The first-order valence-corrected chi connectivity index (χ1v) is 7.01. The molecule has 1 saturated heterocycles. The number of carbonyl (C=O) groups is 2. The minimum atomic E-state index is -0.140. The first kappa shape index (κ1) is 15.2. The molecule has 2 rings (SSSR count). The SMILES string of the molecule is COc1ccc(N2CCN(CC(=O)NC(C)C)C2=O)cc1. The smallest absolute Gasteiger partial charge is 0.325 e. The Morgan fingerprint density at radius 3 is 2.52 bits per heavy atom. The van der Waals surface area contributed by atoms with Crippen molar-refractivity contribution in [3.8, 4) is 5.75 Å². The number of urea groups is 1. The van der Waals surface area contributed by atoms with E-state index in [0.29, 0.717) is 13.1 Å². The van der Waals surface area contributed by atoms with Crippen LogP contribution in [0, 0.1) is 0 Å². The van der Waals surface area contributed by atoms with Crippen LogP contribution in [0.4, 0.5) is 10.5 Å². The molecule has 6 heteroatoms. The second-order valence-corrected chi connectivity index (χ2v) is 5.28. The van der Waals surface area contributed by atoms with E-state index >= 15 is 0 Å². The van der Waals surface area contributed by atoms with E-state index in [1.54, 1.807) is 16.9 Å². The Balaban J connectivity index is 1.98. The summed E-state index contributed by atoms with van der Waals surface area (Å²) in [5.41, 5.74) is 0.813. The lowest BCUT2D eigenvalue weighted by molar-refractivity contribution is -0.122. The predicted octanol–water partition coefficient (Wildman–Crippen LogP) is 1.46. The molecule has 114 valence electrons. The summed E-state index contributed by atoms with van der Waals surface area (Å²) in [4.78, 5) is 27.3. The van der Waals surface area contributed by atoms with Crippen LogP contribution in [0.3, 0.4) is 0 Å². The summed E-state index contributed by atoms with van der Waals surface area (Å²) in [6, 6.07) is 7.25. The van der Waals surface area contributed by atoms with Crippen molar-refractivity contribution >= 4 is 17.6 Å². The third-order valence-electron chi connectivity index (χ3n) is 3.26. The lowest BCUT2D eigenvalue weighted by Crippen LogP contribution is -2.42. The fraction of sp³-hybridized carbons (Fsp3) is 0.467. The Kier molecular flexibility index (Phi) is 4.67. The molecule has 6 nitrogen and oxygen atoms in total. The average Bonchev–Trinajstić information content (AvgIpc) is 2.79. The van der Waals surface area contributed by atoms with E-state index in [2.05, 4.69) is 5.32 Å². The molecule has 0 bridgehead atoms. The van der Waals surface area contributed by atoms with Gasteiger partial charge in [0.05, 0.1) is 7.11 Å². The first-order valence-electron chi connectivity index (χ1n) is 7.01. The van der Waals surface area contributed by atoms with E-state index in [9.17, 15) is 9.59 Å². The maximum absolute atomic E-state index is 12.3. The van der Waals surface area contributed by atoms with E-state index in [0.717, 1.165) is 11.4 Å². The molecule has 0 aliphatic carbocycles. The minimum absolute atomic E-state index is 0.0768. The average molecular weight is 291 g/mol. The van der Waals surface area contributed by atoms with Crippen molar-refractivity contribution < 1.29 is 14.3 Å². The Morgan fingerprint density at radius 2 is 1.95 bits per heavy atom. The van der Waals surface area contributed by atoms with Crippen LogP contribution in [0.1, 0.15) is 13.8 Å². The Bertz CT molecular complexity index is 513. The zero-order chi connectivity index (χ0) is 15.4. The minimum Gasteiger partial charge on any atom is -0.497 e. The highest BCUT2D eigenvalue weighted by Crippen LogP contribution is 2.22. The van der Waals surface area contributed by atoms with E-state index < -0.39 is 0 Å². The van der Waals surface area contributed by atoms with E-state index in [4.69, 9.17) is 4.74 Å². The van der Waals surface area contributed by atoms with Gasteiger partial charge in [-0.05, 0) is 38.1 Å². The molecule has 21 heavy (non-hydrogen) atoms. The Morgan fingerprint density at radius 1 is 1.29 bits per heavy atom. The number of benzene rings is 1. The molecule has 0 aromatic heterocycles. The first-order chi connectivity index (χ1) is 10.0. The molecule has 1 N–H and O–H groups in total. The highest BCUT2D eigenvalue weighted by Gasteiger charge is 2.30. The van der Waals surface area contributed by atoms with Gasteiger partial charge in [-0.15, -0.1) is 0 Å². The van der Waals surface area contributed by atoms with Gasteiger partial charge >= 0.3 is 6.03 Å². The van der Waals surface area contributed by atoms with Gasteiger partial charge in [0.25, 0.3) is 0 Å². The topological polar surface area (TPSA) is 61.9 Å². The quantitative estimate of drug-likeness (QED) is 0.893. The summed E-state index contributed by atoms with van der Waals surface area (Å²) in [6.45, 7) is 5.03. The number of methoxy groups -OCH3 is 1. The molecule has 1 aromatic rings. The summed E-state index contributed by atoms with van der Waals surface area (Å²) in [7, 11) is 1.60. The lowest BCUT2D eigenvalue weighted by atomic mass is 10.3. The van der Waals surface area contributed by atoms with Crippen LogP contribution in [-0.2, 0) is 4.79 Å². The van der Waals surface area contributed by atoms with Crippen molar-refractivity contribution in [1.29, 1.82) is 0 Å². The molecule has 0 spiro atoms. The van der Waals surface area contributed by atoms with Gasteiger partial charge in [0.15, 0.2) is 0 Å². The summed E-state index contributed by atoms with van der Waals surface area (Å²) in [5.74, 6) is 0.619. The normalized spacial score (nSPS) is 14.8. The van der Waals surface area contributed by atoms with Crippen LogP contribution in [0.15, 0.2) is 24.3 Å². The Hall–Kier alpha value is -2.24. The molecule has 0 atom stereocenters. The summed E-state index contributed by atoms with van der Waals surface area (Å²) < 4.78 is 5.10. The zero-order valence-electron chi connectivity index (χ0n) is 12.6. The predicted molar refractivity (Wildman–Crippen MR) is 80.6 cm³/mol. The standard InChI is InChI=1S/C15H21N3O3/c1-11(2)16-14(19)10-17-8-9-18(15(17)20)12-4-6-13(21-3)7-5-12/h4-7,11H,8-10H2,1-3H3,(H,16,19). The van der Waals surface area contributed by atoms with Gasteiger partial charge in [0.1, 0.15) is 12.3 Å². The maximum atomic E-state index is 12.3. The molecule has 3 amide bonds. The molecule has 1 fully saturated rings. The second-order valence-electron chi connectivity index (χ2n) is 5.28. The summed E-state index contributed by atoms with van der Waals surface area (Å²) in [5, 5.41) is 2.79. The fourth-order valence-electron chi connectivity index (χ4n) is 2.27. The van der Waals surface area contributed by atoms with Crippen molar-refractivity contribution in [2.24, 2.45) is 0 Å². The van der Waals surface area contributed by atoms with Crippen molar-refractivity contribution in [1.82, 2.24) is 10.2 Å². The van der Waals surface area contributed by atoms with Gasteiger partial charge in [-0.3, -0.25) is 9.69 Å². The molecule has 1 heterocycles. The number of anilines is 1. The fourth-order valence-corrected chi connectivity index (χ4v) is 2.27. The van der Waals surface area contributed by atoms with Crippen molar-refractivity contribution in [2.45, 2.75) is 19.9 Å². The van der Waals surface area contributed by atoms with Gasteiger partial charge in [0.2, 0.25) is 5.91 Å². The molecular formula is C15H21N3O3. The second kappa shape index (κ2) is 6.47. The van der Waals surface area contributed by atoms with Gasteiger partial charge in [0, 0.05) is 24.8 Å². The zero-order valence-corrected chi connectivity index (χ0v) is 12.6. The Labute approximate surface area is 124 Å². The molecule has 0 radical (unpaired) electrons. The van der Waals surface area contributed by atoms with Crippen LogP contribution in [0.5, 0.6) is 5.75 Å². The number of rotatable bonds is 5. The highest BCUT2D eigenvalue weighted by molar-refractivity contribution is 5.96. The molecular weight excluding hydrogens is 270 g/mol. The van der Waals surface area contributed by atoms with E-state index in [1.165, 1.54) is 0 Å². The summed E-state index contributed by atoms with van der Waals surface area (Å²) >= 11 is 0. The van der Waals surface area contributed by atoms with Gasteiger partial charge in [-0.1, -0.05) is 0 Å². The van der Waals surface area contributed by atoms with Gasteiger partial charge in [-0.25, -0.2) is 4.79 Å². The van der Waals surface area contributed by atoms with Crippen molar-refractivity contribution in [3.63, 3.8) is 0 Å². The van der Waals surface area contributed by atoms with Gasteiger partial charge in [-0.2, -0.15) is 0 Å².